The first-order valence-corrected chi connectivity index (χ1v) is 20.7. The summed E-state index contributed by atoms with van der Waals surface area (Å²) in [6.07, 6.45) is 0. The molecule has 60 heavy (non-hydrogen) atoms. The fraction of sp³-hybridized carbons (Fsp3) is 0. The Kier molecular flexibility index (Phi) is 7.89. The molecule has 0 saturated carbocycles. The van der Waals surface area contributed by atoms with Crippen molar-refractivity contribution in [2.45, 2.75) is 0 Å². The van der Waals surface area contributed by atoms with Crippen LogP contribution in [-0.2, 0) is 0 Å². The van der Waals surface area contributed by atoms with Gasteiger partial charge in [0.25, 0.3) is 0 Å². The van der Waals surface area contributed by atoms with E-state index in [1.54, 1.807) is 0 Å². The molecule has 0 bridgehead atoms. The summed E-state index contributed by atoms with van der Waals surface area (Å²) in [6.45, 7) is 0. The maximum absolute atomic E-state index is 2.44. The number of fused-ring (bicyclic) bond motifs is 7. The van der Waals surface area contributed by atoms with Crippen molar-refractivity contribution in [1.29, 1.82) is 0 Å². The van der Waals surface area contributed by atoms with E-state index < -0.39 is 0 Å². The average molecular weight is 763 g/mol. The fourth-order valence-electron chi connectivity index (χ4n) is 9.44. The largest absolute Gasteiger partial charge is 0.309 e. The van der Waals surface area contributed by atoms with E-state index in [0.29, 0.717) is 0 Å². The van der Waals surface area contributed by atoms with Gasteiger partial charge in [0.1, 0.15) is 0 Å². The highest BCUT2D eigenvalue weighted by atomic mass is 15.0. The lowest BCUT2D eigenvalue weighted by atomic mass is 9.97. The summed E-state index contributed by atoms with van der Waals surface area (Å²) in [5, 5.41) is 7.50. The Morgan fingerprint density at radius 2 is 0.750 bits per heavy atom. The third-order valence-corrected chi connectivity index (χ3v) is 12.3. The summed E-state index contributed by atoms with van der Waals surface area (Å²) in [4.78, 5) is 0. The van der Waals surface area contributed by atoms with Gasteiger partial charge in [-0.25, -0.2) is 0 Å². The molecule has 2 heterocycles. The van der Waals surface area contributed by atoms with Crippen LogP contribution in [0.2, 0.25) is 0 Å². The Hall–Kier alpha value is -7.94. The monoisotopic (exact) mass is 762 g/mol. The molecule has 10 aromatic carbocycles. The standard InChI is InChI=1S/C58H38N2/c1-3-13-39(14-4-1)44-19-11-20-49(36-44)60-56-34-30-47(38-53(56)58-50(22-12-24-57(58)60)42-16-5-2-6-17-42)46-29-33-55-52(37-46)51-21-9-10-23-54(51)59(55)48-31-27-41(28-32-48)45-26-25-40-15-7-8-18-43(40)35-45/h1-38H. The molecule has 0 amide bonds. The Balaban J connectivity index is 1.01. The number of hydrogen-bond donors (Lipinski definition) is 0. The van der Waals surface area contributed by atoms with E-state index in [1.165, 1.54) is 98.9 Å². The zero-order chi connectivity index (χ0) is 39.6. The molecule has 0 atom stereocenters. The van der Waals surface area contributed by atoms with Gasteiger partial charge in [0.2, 0.25) is 0 Å². The van der Waals surface area contributed by atoms with Crippen LogP contribution in [0.15, 0.2) is 231 Å². The summed E-state index contributed by atoms with van der Waals surface area (Å²) in [6, 6.07) is 84.2. The second kappa shape index (κ2) is 13.9. The van der Waals surface area contributed by atoms with Gasteiger partial charge in [0, 0.05) is 32.9 Å². The van der Waals surface area contributed by atoms with Gasteiger partial charge in [0.15, 0.2) is 0 Å². The highest BCUT2D eigenvalue weighted by Crippen LogP contribution is 2.42. The van der Waals surface area contributed by atoms with E-state index >= 15 is 0 Å². The highest BCUT2D eigenvalue weighted by molar-refractivity contribution is 6.17. The molecular weight excluding hydrogens is 725 g/mol. The molecule has 0 fully saturated rings. The maximum Gasteiger partial charge on any atom is 0.0547 e. The van der Waals surface area contributed by atoms with Gasteiger partial charge in [0.05, 0.1) is 22.1 Å². The van der Waals surface area contributed by atoms with Gasteiger partial charge < -0.3 is 9.13 Å². The number of benzene rings is 10. The van der Waals surface area contributed by atoms with Gasteiger partial charge in [-0.2, -0.15) is 0 Å². The van der Waals surface area contributed by atoms with Crippen molar-refractivity contribution in [3.63, 3.8) is 0 Å². The molecule has 0 aliphatic carbocycles. The second-order valence-electron chi connectivity index (χ2n) is 15.7. The van der Waals surface area contributed by atoms with Crippen LogP contribution in [0.3, 0.4) is 0 Å². The molecule has 0 aliphatic rings. The topological polar surface area (TPSA) is 9.86 Å². The van der Waals surface area contributed by atoms with E-state index in [0.717, 1.165) is 11.4 Å². The molecule has 0 N–H and O–H groups in total. The number of aromatic nitrogens is 2. The van der Waals surface area contributed by atoms with Crippen molar-refractivity contribution in [3.05, 3.63) is 231 Å². The van der Waals surface area contributed by atoms with E-state index in [4.69, 9.17) is 0 Å². The lowest BCUT2D eigenvalue weighted by molar-refractivity contribution is 1.18. The molecular formula is C58H38N2. The first-order valence-electron chi connectivity index (χ1n) is 20.7. The van der Waals surface area contributed by atoms with E-state index in [2.05, 4.69) is 240 Å². The number of nitrogens with zero attached hydrogens (tertiary/aromatic N) is 2. The minimum Gasteiger partial charge on any atom is -0.309 e. The van der Waals surface area contributed by atoms with Crippen LogP contribution in [-0.4, -0.2) is 9.13 Å². The van der Waals surface area contributed by atoms with Crippen LogP contribution in [0, 0.1) is 0 Å². The maximum atomic E-state index is 2.44. The number of hydrogen-bond acceptors (Lipinski definition) is 0. The normalized spacial score (nSPS) is 11.7. The van der Waals surface area contributed by atoms with Gasteiger partial charge in [-0.1, -0.05) is 164 Å². The van der Waals surface area contributed by atoms with Gasteiger partial charge >= 0.3 is 0 Å². The van der Waals surface area contributed by atoms with Crippen molar-refractivity contribution < 1.29 is 0 Å². The zero-order valence-corrected chi connectivity index (χ0v) is 32.8. The Morgan fingerprint density at radius 3 is 1.55 bits per heavy atom. The second-order valence-corrected chi connectivity index (χ2v) is 15.7. The molecule has 0 unspecified atom stereocenters. The van der Waals surface area contributed by atoms with Crippen LogP contribution in [0.25, 0.3) is 110 Å². The summed E-state index contributed by atoms with van der Waals surface area (Å²) in [5.41, 5.74) is 16.8. The molecule has 12 rings (SSSR count). The summed E-state index contributed by atoms with van der Waals surface area (Å²) in [7, 11) is 0. The Bertz CT molecular complexity index is 3570. The summed E-state index contributed by atoms with van der Waals surface area (Å²) < 4.78 is 4.85. The van der Waals surface area contributed by atoms with E-state index in [9.17, 15) is 0 Å². The molecule has 2 nitrogen and oxygen atoms in total. The number of rotatable bonds is 6. The third-order valence-electron chi connectivity index (χ3n) is 12.3. The predicted octanol–water partition coefficient (Wildman–Crippen LogP) is 15.7. The molecule has 0 aliphatic heterocycles. The number of para-hydroxylation sites is 1. The van der Waals surface area contributed by atoms with Gasteiger partial charge in [-0.15, -0.1) is 0 Å². The Labute approximate surface area is 348 Å². The third kappa shape index (κ3) is 5.57. The molecule has 280 valence electrons. The first kappa shape index (κ1) is 34.1. The quantitative estimate of drug-likeness (QED) is 0.160. The van der Waals surface area contributed by atoms with E-state index in [1.807, 2.05) is 0 Å². The molecule has 12 aromatic rings. The Morgan fingerprint density at radius 1 is 0.233 bits per heavy atom. The van der Waals surface area contributed by atoms with Crippen molar-refractivity contribution in [3.8, 4) is 55.9 Å². The van der Waals surface area contributed by atoms with Crippen LogP contribution >= 0.6 is 0 Å². The lowest BCUT2D eigenvalue weighted by Crippen LogP contribution is -1.94. The van der Waals surface area contributed by atoms with Crippen molar-refractivity contribution >= 4 is 54.4 Å². The van der Waals surface area contributed by atoms with Crippen LogP contribution in [0.5, 0.6) is 0 Å². The van der Waals surface area contributed by atoms with Gasteiger partial charge in [-0.05, 0) is 122 Å². The minimum atomic E-state index is 1.15. The summed E-state index contributed by atoms with van der Waals surface area (Å²) >= 11 is 0. The SMILES string of the molecule is c1ccc(-c2cccc(-n3c4ccc(-c5ccc6c(c5)c5ccccc5n6-c5ccc(-c6ccc7ccccc7c6)cc5)cc4c4c(-c5ccccc5)cccc43)c2)cc1. The van der Waals surface area contributed by atoms with Crippen molar-refractivity contribution in [1.82, 2.24) is 9.13 Å². The highest BCUT2D eigenvalue weighted by Gasteiger charge is 2.19. The first-order chi connectivity index (χ1) is 29.7. The molecule has 0 radical (unpaired) electrons. The average Bonchev–Trinajstić information content (AvgIpc) is 3.84. The smallest absolute Gasteiger partial charge is 0.0547 e. The molecule has 0 spiro atoms. The lowest BCUT2D eigenvalue weighted by Gasteiger charge is -2.11. The molecule has 2 aromatic heterocycles. The fourth-order valence-corrected chi connectivity index (χ4v) is 9.44. The zero-order valence-electron chi connectivity index (χ0n) is 32.8. The van der Waals surface area contributed by atoms with Crippen LogP contribution < -0.4 is 0 Å². The van der Waals surface area contributed by atoms with E-state index in [-0.39, 0.29) is 0 Å². The molecule has 0 saturated heterocycles. The van der Waals surface area contributed by atoms with Crippen LogP contribution in [0.4, 0.5) is 0 Å². The van der Waals surface area contributed by atoms with Crippen molar-refractivity contribution in [2.24, 2.45) is 0 Å². The van der Waals surface area contributed by atoms with Crippen LogP contribution in [0.1, 0.15) is 0 Å². The minimum absolute atomic E-state index is 1.15. The summed E-state index contributed by atoms with van der Waals surface area (Å²) in [5.74, 6) is 0. The van der Waals surface area contributed by atoms with Gasteiger partial charge in [-0.3, -0.25) is 0 Å². The predicted molar refractivity (Wildman–Crippen MR) is 254 cm³/mol. The molecule has 2 heteroatoms. The van der Waals surface area contributed by atoms with Crippen molar-refractivity contribution in [2.75, 3.05) is 0 Å².